The van der Waals surface area contributed by atoms with Gasteiger partial charge in [-0.3, -0.25) is 14.4 Å². The third kappa shape index (κ3) is 8.91. The maximum atomic E-state index is 13.1. The fraction of sp³-hybridized carbons (Fsp3) is 0.345. The number of carbonyl (C=O) groups excluding carboxylic acids is 3. The highest BCUT2D eigenvalue weighted by molar-refractivity contribution is 5.94. The molecule has 0 saturated carbocycles. The Hall–Kier alpha value is -3.55. The summed E-state index contributed by atoms with van der Waals surface area (Å²) in [6.07, 6.45) is 2.98. The molecule has 7 nitrogen and oxygen atoms in total. The van der Waals surface area contributed by atoms with E-state index in [-0.39, 0.29) is 50.5 Å². The molecule has 0 heterocycles. The molecule has 7 heteroatoms. The fourth-order valence-corrected chi connectivity index (χ4v) is 3.69. The highest BCUT2D eigenvalue weighted by atomic mass is 16.5. The largest absolute Gasteiger partial charge is 0.493 e. The number of carbonyl (C=O) groups is 3. The zero-order chi connectivity index (χ0) is 26.8. The van der Waals surface area contributed by atoms with Gasteiger partial charge in [0.15, 0.2) is 17.3 Å². The minimum absolute atomic E-state index is 0.00736. The van der Waals surface area contributed by atoms with E-state index in [1.807, 2.05) is 0 Å². The van der Waals surface area contributed by atoms with Crippen molar-refractivity contribution in [3.63, 3.8) is 0 Å². The van der Waals surface area contributed by atoms with Crippen molar-refractivity contribution < 1.29 is 34.1 Å². The Kier molecular flexibility index (Phi) is 10.3. The number of hydrogen-bond donors (Lipinski definition) is 2. The van der Waals surface area contributed by atoms with E-state index in [1.165, 1.54) is 26.0 Å². The summed E-state index contributed by atoms with van der Waals surface area (Å²) in [5.41, 5.74) is -2.23. The van der Waals surface area contributed by atoms with Crippen molar-refractivity contribution in [1.82, 2.24) is 0 Å². The molecule has 0 amide bonds. The molecule has 0 fully saturated rings. The molecule has 2 rings (SSSR count). The van der Waals surface area contributed by atoms with E-state index in [1.54, 1.807) is 48.5 Å². The number of allylic oxidation sites excluding steroid dienone is 2. The standard InChI is InChI=1S/C29H34O7/c1-5-23(30)15-17-35-25-11-7-21(8-12-25)19-28(3,33)27(32)29(4,34)20-22-9-13-26(14-10-22)36-18-16-24(31)6-2/h5-14,33-34H,1-2,15-20H2,3-4H3. The SMILES string of the molecule is C=CC(=O)CCOc1ccc(CC(C)(O)C(=O)C(C)(O)Cc2ccc(OCCC(=O)C=C)cc2)cc1. The number of rotatable bonds is 16. The van der Waals surface area contributed by atoms with E-state index in [0.29, 0.717) is 22.6 Å². The van der Waals surface area contributed by atoms with E-state index in [2.05, 4.69) is 13.2 Å². The molecule has 2 unspecified atom stereocenters. The summed E-state index contributed by atoms with van der Waals surface area (Å²) in [5, 5.41) is 21.8. The minimum atomic E-state index is -1.80. The molecule has 0 bridgehead atoms. The summed E-state index contributed by atoms with van der Waals surface area (Å²) in [7, 11) is 0. The van der Waals surface area contributed by atoms with Gasteiger partial charge in [0.05, 0.1) is 13.2 Å². The smallest absolute Gasteiger partial charge is 0.195 e. The summed E-state index contributed by atoms with van der Waals surface area (Å²) < 4.78 is 11.0. The third-order valence-electron chi connectivity index (χ3n) is 5.61. The Bertz CT molecular complexity index is 978. The number of aliphatic hydroxyl groups is 2. The molecule has 2 aromatic rings. The molecule has 192 valence electrons. The molecule has 0 aliphatic heterocycles. The van der Waals surface area contributed by atoms with Crippen molar-refractivity contribution in [3.05, 3.63) is 85.0 Å². The predicted molar refractivity (Wildman–Crippen MR) is 137 cm³/mol. The maximum absolute atomic E-state index is 13.1. The summed E-state index contributed by atoms with van der Waals surface area (Å²) >= 11 is 0. The zero-order valence-corrected chi connectivity index (χ0v) is 20.9. The first-order chi connectivity index (χ1) is 17.0. The number of hydrogen-bond acceptors (Lipinski definition) is 7. The number of ketones is 3. The van der Waals surface area contributed by atoms with Gasteiger partial charge in [0.2, 0.25) is 0 Å². The Morgan fingerprint density at radius 3 is 1.36 bits per heavy atom. The van der Waals surface area contributed by atoms with Crippen LogP contribution in [0.2, 0.25) is 0 Å². The highest BCUT2D eigenvalue weighted by Gasteiger charge is 2.42. The average molecular weight is 495 g/mol. The van der Waals surface area contributed by atoms with E-state index >= 15 is 0 Å². The molecule has 0 aliphatic carbocycles. The first-order valence-corrected chi connectivity index (χ1v) is 11.7. The lowest BCUT2D eigenvalue weighted by Gasteiger charge is -2.31. The molecule has 2 aromatic carbocycles. The predicted octanol–water partition coefficient (Wildman–Crippen LogP) is 3.59. The maximum Gasteiger partial charge on any atom is 0.195 e. The molecule has 36 heavy (non-hydrogen) atoms. The molecule has 0 aliphatic rings. The normalized spacial score (nSPS) is 14.1. The zero-order valence-electron chi connectivity index (χ0n) is 20.9. The van der Waals surface area contributed by atoms with Crippen LogP contribution in [-0.4, -0.2) is 52.0 Å². The van der Waals surface area contributed by atoms with Gasteiger partial charge in [-0.1, -0.05) is 37.4 Å². The van der Waals surface area contributed by atoms with Gasteiger partial charge in [-0.2, -0.15) is 0 Å². The molecule has 0 aromatic heterocycles. The number of benzene rings is 2. The van der Waals surface area contributed by atoms with Crippen molar-refractivity contribution in [2.75, 3.05) is 13.2 Å². The third-order valence-corrected chi connectivity index (χ3v) is 5.61. The van der Waals surface area contributed by atoms with Crippen LogP contribution in [0.25, 0.3) is 0 Å². The van der Waals surface area contributed by atoms with Gasteiger partial charge in [-0.15, -0.1) is 0 Å². The summed E-state index contributed by atoms with van der Waals surface area (Å²) in [6, 6.07) is 13.7. The fourth-order valence-electron chi connectivity index (χ4n) is 3.69. The van der Waals surface area contributed by atoms with Crippen molar-refractivity contribution in [2.45, 2.75) is 50.7 Å². The van der Waals surface area contributed by atoms with Crippen LogP contribution in [0.4, 0.5) is 0 Å². The second-order valence-electron chi connectivity index (χ2n) is 9.06. The Labute approximate surface area is 212 Å². The van der Waals surface area contributed by atoms with Crippen LogP contribution in [0.3, 0.4) is 0 Å². The molecular formula is C29H34O7. The molecule has 0 saturated heterocycles. The average Bonchev–Trinajstić information content (AvgIpc) is 2.85. The quantitative estimate of drug-likeness (QED) is 0.343. The Balaban J connectivity index is 1.94. The summed E-state index contributed by atoms with van der Waals surface area (Å²) in [4.78, 5) is 35.6. The van der Waals surface area contributed by atoms with Crippen LogP contribution >= 0.6 is 0 Å². The number of ether oxygens (including phenoxy) is 2. The monoisotopic (exact) mass is 494 g/mol. The molecule has 0 spiro atoms. The lowest BCUT2D eigenvalue weighted by Crippen LogP contribution is -2.52. The van der Waals surface area contributed by atoms with Crippen molar-refractivity contribution in [3.8, 4) is 11.5 Å². The van der Waals surface area contributed by atoms with Crippen molar-refractivity contribution >= 4 is 17.3 Å². The van der Waals surface area contributed by atoms with Gasteiger partial charge in [-0.05, 0) is 61.4 Å². The van der Waals surface area contributed by atoms with Gasteiger partial charge >= 0.3 is 0 Å². The highest BCUT2D eigenvalue weighted by Crippen LogP contribution is 2.26. The van der Waals surface area contributed by atoms with E-state index in [9.17, 15) is 24.6 Å². The first kappa shape index (κ1) is 28.7. The van der Waals surface area contributed by atoms with E-state index < -0.39 is 17.0 Å². The molecule has 2 atom stereocenters. The van der Waals surface area contributed by atoms with E-state index in [4.69, 9.17) is 9.47 Å². The van der Waals surface area contributed by atoms with Crippen LogP contribution in [0, 0.1) is 0 Å². The van der Waals surface area contributed by atoms with Gasteiger partial charge in [0, 0.05) is 25.7 Å². The van der Waals surface area contributed by atoms with E-state index in [0.717, 1.165) is 0 Å². The van der Waals surface area contributed by atoms with Gasteiger partial charge in [0.25, 0.3) is 0 Å². The second kappa shape index (κ2) is 13.0. The lowest BCUT2D eigenvalue weighted by atomic mass is 9.80. The van der Waals surface area contributed by atoms with Crippen LogP contribution in [-0.2, 0) is 27.2 Å². The van der Waals surface area contributed by atoms with Crippen LogP contribution in [0.5, 0.6) is 11.5 Å². The van der Waals surface area contributed by atoms with Crippen LogP contribution < -0.4 is 9.47 Å². The van der Waals surface area contributed by atoms with Crippen molar-refractivity contribution in [2.24, 2.45) is 0 Å². The van der Waals surface area contributed by atoms with Crippen LogP contribution in [0.15, 0.2) is 73.8 Å². The summed E-state index contributed by atoms with van der Waals surface area (Å²) in [5.74, 6) is 0.229. The Morgan fingerprint density at radius 1 is 0.722 bits per heavy atom. The molecule has 2 N–H and O–H groups in total. The topological polar surface area (TPSA) is 110 Å². The molecule has 0 radical (unpaired) electrons. The van der Waals surface area contributed by atoms with Gasteiger partial charge in [0.1, 0.15) is 22.7 Å². The summed E-state index contributed by atoms with van der Waals surface area (Å²) in [6.45, 7) is 10.1. The number of Topliss-reactive ketones (excluding diaryl/α,β-unsaturated/α-hetero) is 1. The van der Waals surface area contributed by atoms with Crippen molar-refractivity contribution in [1.29, 1.82) is 0 Å². The first-order valence-electron chi connectivity index (χ1n) is 11.7. The molecular weight excluding hydrogens is 460 g/mol. The minimum Gasteiger partial charge on any atom is -0.493 e. The lowest BCUT2D eigenvalue weighted by molar-refractivity contribution is -0.153. The second-order valence-corrected chi connectivity index (χ2v) is 9.06. The van der Waals surface area contributed by atoms with Gasteiger partial charge in [-0.25, -0.2) is 0 Å². The Morgan fingerprint density at radius 2 is 1.06 bits per heavy atom. The van der Waals surface area contributed by atoms with Gasteiger partial charge < -0.3 is 19.7 Å². The van der Waals surface area contributed by atoms with Crippen LogP contribution in [0.1, 0.15) is 37.8 Å².